The van der Waals surface area contributed by atoms with E-state index in [4.69, 9.17) is 4.74 Å². The van der Waals surface area contributed by atoms with Crippen LogP contribution in [0.5, 0.6) is 0 Å². The van der Waals surface area contributed by atoms with E-state index in [-0.39, 0.29) is 5.91 Å². The maximum atomic E-state index is 12.3. The van der Waals surface area contributed by atoms with Gasteiger partial charge in [-0.15, -0.1) is 0 Å². The van der Waals surface area contributed by atoms with Crippen LogP contribution in [-0.4, -0.2) is 26.0 Å². The van der Waals surface area contributed by atoms with Gasteiger partial charge in [0, 0.05) is 16.3 Å². The van der Waals surface area contributed by atoms with Crippen molar-refractivity contribution in [2.24, 2.45) is 5.41 Å². The first-order chi connectivity index (χ1) is 8.51. The molecule has 1 saturated carbocycles. The Hall–Kier alpha value is -1.11. The maximum absolute atomic E-state index is 12.3. The normalized spacial score (nSPS) is 15.9. The fraction of sp³-hybridized carbons (Fsp3) is 0.385. The molecular formula is C13H14INO3. The van der Waals surface area contributed by atoms with Crippen molar-refractivity contribution in [3.63, 3.8) is 0 Å². The fourth-order valence-corrected chi connectivity index (χ4v) is 2.29. The molecule has 0 unspecified atom stereocenters. The lowest BCUT2D eigenvalue weighted by Crippen LogP contribution is -2.39. The lowest BCUT2D eigenvalue weighted by molar-refractivity contribution is -0.151. The molecular weight excluding hydrogens is 345 g/mol. The number of nitrogens with zero attached hydrogens (tertiary/aromatic N) is 1. The summed E-state index contributed by atoms with van der Waals surface area (Å²) < 4.78 is 5.82. The van der Waals surface area contributed by atoms with Gasteiger partial charge in [-0.05, 0) is 59.7 Å². The monoisotopic (exact) mass is 359 g/mol. The number of amides is 1. The van der Waals surface area contributed by atoms with Crippen molar-refractivity contribution in [3.05, 3.63) is 27.8 Å². The van der Waals surface area contributed by atoms with Gasteiger partial charge in [0.25, 0.3) is 0 Å². The Labute approximate surface area is 119 Å². The summed E-state index contributed by atoms with van der Waals surface area (Å²) in [5, 5.41) is 0. The van der Waals surface area contributed by atoms with E-state index in [1.807, 2.05) is 24.3 Å². The van der Waals surface area contributed by atoms with Crippen LogP contribution in [0.2, 0.25) is 0 Å². The number of methoxy groups -OCH3 is 1. The number of halogens is 1. The van der Waals surface area contributed by atoms with E-state index in [1.165, 1.54) is 12.0 Å². The first-order valence-corrected chi connectivity index (χ1v) is 6.71. The zero-order valence-corrected chi connectivity index (χ0v) is 12.4. The van der Waals surface area contributed by atoms with Crippen molar-refractivity contribution in [1.82, 2.24) is 0 Å². The zero-order chi connectivity index (χ0) is 13.3. The average Bonchev–Trinajstić information content (AvgIpc) is 3.18. The predicted molar refractivity (Wildman–Crippen MR) is 76.3 cm³/mol. The standard InChI is InChI=1S/C13H14INO3/c1-15(10-5-3-9(14)4-6-10)11(16)13(7-8-13)12(17)18-2/h3-6H,7-8H2,1-2H3. The third-order valence-electron chi connectivity index (χ3n) is 3.25. The second-order valence-electron chi connectivity index (χ2n) is 4.41. The average molecular weight is 359 g/mol. The zero-order valence-electron chi connectivity index (χ0n) is 10.3. The molecule has 0 aromatic heterocycles. The number of carbonyl (C=O) groups excluding carboxylic acids is 2. The van der Waals surface area contributed by atoms with Crippen molar-refractivity contribution in [3.8, 4) is 0 Å². The van der Waals surface area contributed by atoms with Crippen LogP contribution in [0.4, 0.5) is 5.69 Å². The van der Waals surface area contributed by atoms with Gasteiger partial charge >= 0.3 is 5.97 Å². The predicted octanol–water partition coefficient (Wildman–Crippen LogP) is 2.21. The maximum Gasteiger partial charge on any atom is 0.321 e. The first-order valence-electron chi connectivity index (χ1n) is 5.63. The Kier molecular flexibility index (Phi) is 3.61. The van der Waals surface area contributed by atoms with Crippen molar-refractivity contribution >= 4 is 40.2 Å². The van der Waals surface area contributed by atoms with Crippen LogP contribution in [0.1, 0.15) is 12.8 Å². The van der Waals surface area contributed by atoms with Gasteiger partial charge in [0.2, 0.25) is 5.91 Å². The molecule has 0 N–H and O–H groups in total. The quantitative estimate of drug-likeness (QED) is 0.472. The van der Waals surface area contributed by atoms with Crippen LogP contribution in [-0.2, 0) is 14.3 Å². The molecule has 1 aromatic rings. The summed E-state index contributed by atoms with van der Waals surface area (Å²) in [7, 11) is 3.01. The Morgan fingerprint density at radius 2 is 1.83 bits per heavy atom. The number of hydrogen-bond donors (Lipinski definition) is 0. The van der Waals surface area contributed by atoms with Crippen LogP contribution in [0.25, 0.3) is 0 Å². The number of benzene rings is 1. The highest BCUT2D eigenvalue weighted by atomic mass is 127. The molecule has 0 radical (unpaired) electrons. The van der Waals surface area contributed by atoms with E-state index < -0.39 is 11.4 Å². The first kappa shape index (κ1) is 13.3. The summed E-state index contributed by atoms with van der Waals surface area (Å²) in [5.41, 5.74) is -0.150. The minimum Gasteiger partial charge on any atom is -0.468 e. The molecule has 0 aliphatic heterocycles. The number of hydrogen-bond acceptors (Lipinski definition) is 3. The second-order valence-corrected chi connectivity index (χ2v) is 5.66. The molecule has 1 aromatic carbocycles. The van der Waals surface area contributed by atoms with Gasteiger partial charge in [0.05, 0.1) is 7.11 Å². The molecule has 1 aliphatic carbocycles. The number of esters is 1. The van der Waals surface area contributed by atoms with Crippen molar-refractivity contribution in [2.45, 2.75) is 12.8 Å². The molecule has 5 heteroatoms. The molecule has 1 fully saturated rings. The lowest BCUT2D eigenvalue weighted by Gasteiger charge is -2.22. The SMILES string of the molecule is COC(=O)C1(C(=O)N(C)c2ccc(I)cc2)CC1. The van der Waals surface area contributed by atoms with Crippen LogP contribution >= 0.6 is 22.6 Å². The van der Waals surface area contributed by atoms with E-state index in [9.17, 15) is 9.59 Å². The van der Waals surface area contributed by atoms with Crippen LogP contribution in [0.15, 0.2) is 24.3 Å². The van der Waals surface area contributed by atoms with E-state index >= 15 is 0 Å². The summed E-state index contributed by atoms with van der Waals surface area (Å²) in [6.45, 7) is 0. The summed E-state index contributed by atoms with van der Waals surface area (Å²) in [4.78, 5) is 25.5. The molecule has 96 valence electrons. The van der Waals surface area contributed by atoms with E-state index in [0.29, 0.717) is 12.8 Å². The highest BCUT2D eigenvalue weighted by Gasteiger charge is 2.59. The van der Waals surface area contributed by atoms with E-state index in [1.54, 1.807) is 7.05 Å². The highest BCUT2D eigenvalue weighted by Crippen LogP contribution is 2.48. The van der Waals surface area contributed by atoms with Crippen LogP contribution in [0.3, 0.4) is 0 Å². The summed E-state index contributed by atoms with van der Waals surface area (Å²) in [5.74, 6) is -0.611. The van der Waals surface area contributed by atoms with Gasteiger partial charge in [-0.25, -0.2) is 0 Å². The third kappa shape index (κ3) is 2.23. The molecule has 0 spiro atoms. The topological polar surface area (TPSA) is 46.6 Å². The molecule has 1 aliphatic rings. The Balaban J connectivity index is 2.19. The number of ether oxygens (including phenoxy) is 1. The van der Waals surface area contributed by atoms with Gasteiger partial charge in [-0.1, -0.05) is 0 Å². The van der Waals surface area contributed by atoms with Crippen molar-refractivity contribution < 1.29 is 14.3 Å². The molecule has 2 rings (SSSR count). The number of rotatable bonds is 3. The summed E-state index contributed by atoms with van der Waals surface area (Å²) in [6, 6.07) is 7.59. The van der Waals surface area contributed by atoms with Gasteiger partial charge in [0.1, 0.15) is 5.41 Å². The molecule has 0 heterocycles. The second kappa shape index (κ2) is 4.87. The molecule has 0 saturated heterocycles. The minimum absolute atomic E-state index is 0.185. The van der Waals surface area contributed by atoms with Crippen molar-refractivity contribution in [2.75, 3.05) is 19.1 Å². The molecule has 0 atom stereocenters. The molecule has 1 amide bonds. The van der Waals surface area contributed by atoms with E-state index in [2.05, 4.69) is 22.6 Å². The Morgan fingerprint density at radius 1 is 1.28 bits per heavy atom. The minimum atomic E-state index is -0.938. The van der Waals surface area contributed by atoms with Crippen molar-refractivity contribution in [1.29, 1.82) is 0 Å². The fourth-order valence-electron chi connectivity index (χ4n) is 1.93. The Bertz CT molecular complexity index is 480. The smallest absolute Gasteiger partial charge is 0.321 e. The largest absolute Gasteiger partial charge is 0.468 e. The third-order valence-corrected chi connectivity index (χ3v) is 3.97. The van der Waals surface area contributed by atoms with E-state index in [0.717, 1.165) is 9.26 Å². The Morgan fingerprint density at radius 3 is 2.28 bits per heavy atom. The summed E-state index contributed by atoms with van der Waals surface area (Å²) in [6.07, 6.45) is 1.15. The van der Waals surface area contributed by atoms with Gasteiger partial charge in [-0.2, -0.15) is 0 Å². The lowest BCUT2D eigenvalue weighted by atomic mass is 10.1. The van der Waals surface area contributed by atoms with Crippen LogP contribution in [0, 0.1) is 8.99 Å². The molecule has 0 bridgehead atoms. The van der Waals surface area contributed by atoms with Gasteiger partial charge < -0.3 is 9.64 Å². The number of anilines is 1. The van der Waals surface area contributed by atoms with Gasteiger partial charge in [-0.3, -0.25) is 9.59 Å². The number of carbonyl (C=O) groups is 2. The van der Waals surface area contributed by atoms with Crippen LogP contribution < -0.4 is 4.90 Å². The highest BCUT2D eigenvalue weighted by molar-refractivity contribution is 14.1. The summed E-state index contributed by atoms with van der Waals surface area (Å²) >= 11 is 2.20. The van der Waals surface area contributed by atoms with Gasteiger partial charge in [0.15, 0.2) is 0 Å². The molecule has 4 nitrogen and oxygen atoms in total. The molecule has 18 heavy (non-hydrogen) atoms.